The maximum atomic E-state index is 11.9. The molecule has 0 saturated carbocycles. The number of aliphatic imine (C=N–C) groups is 1. The number of benzene rings is 1. The molecular formula is C14H19N3OS. The van der Waals surface area contributed by atoms with Crippen molar-refractivity contribution in [2.45, 2.75) is 20.8 Å². The number of carbonyl (C=O) groups excluding carboxylic acids is 1. The SMILES string of the molecule is CCN(CC)/C(C)=N\C(=S)NC(=O)c1ccccc1. The zero-order valence-corrected chi connectivity index (χ0v) is 12.3. The number of carbonyl (C=O) groups is 1. The van der Waals surface area contributed by atoms with Gasteiger partial charge in [-0.05, 0) is 45.1 Å². The van der Waals surface area contributed by atoms with Crippen molar-refractivity contribution < 1.29 is 4.79 Å². The molecule has 0 aliphatic carbocycles. The Bertz CT molecular complexity index is 467. The Kier molecular flexibility index (Phi) is 6.15. The number of hydrogen-bond acceptors (Lipinski definition) is 2. The lowest BCUT2D eigenvalue weighted by atomic mass is 10.2. The lowest BCUT2D eigenvalue weighted by Crippen LogP contribution is -2.33. The van der Waals surface area contributed by atoms with Crippen LogP contribution in [0.2, 0.25) is 0 Å². The first kappa shape index (κ1) is 15.3. The molecule has 0 saturated heterocycles. The maximum Gasteiger partial charge on any atom is 0.257 e. The second kappa shape index (κ2) is 7.63. The van der Waals surface area contributed by atoms with Gasteiger partial charge in [0.1, 0.15) is 5.84 Å². The summed E-state index contributed by atoms with van der Waals surface area (Å²) >= 11 is 5.08. The highest BCUT2D eigenvalue weighted by Gasteiger charge is 2.07. The van der Waals surface area contributed by atoms with E-state index < -0.39 is 0 Å². The van der Waals surface area contributed by atoms with E-state index in [-0.39, 0.29) is 11.0 Å². The average Bonchev–Trinajstić information content (AvgIpc) is 2.40. The summed E-state index contributed by atoms with van der Waals surface area (Å²) in [6.45, 7) is 7.71. The molecule has 0 aliphatic heterocycles. The van der Waals surface area contributed by atoms with Gasteiger partial charge in [-0.2, -0.15) is 0 Å². The standard InChI is InChI=1S/C14H19N3OS/c1-4-17(5-2)11(3)15-14(19)16-13(18)12-9-7-6-8-10-12/h6-10H,4-5H2,1-3H3,(H,16,18,19)/b15-11-. The lowest BCUT2D eigenvalue weighted by molar-refractivity contribution is 0.0977. The summed E-state index contributed by atoms with van der Waals surface area (Å²) in [6, 6.07) is 8.94. The second-order valence-corrected chi connectivity index (χ2v) is 4.34. The highest BCUT2D eigenvalue weighted by molar-refractivity contribution is 7.80. The third-order valence-corrected chi connectivity index (χ3v) is 2.93. The van der Waals surface area contributed by atoms with Gasteiger partial charge in [0.05, 0.1) is 0 Å². The van der Waals surface area contributed by atoms with Gasteiger partial charge in [0.15, 0.2) is 0 Å². The van der Waals surface area contributed by atoms with E-state index in [2.05, 4.69) is 15.2 Å². The van der Waals surface area contributed by atoms with Crippen molar-refractivity contribution in [3.05, 3.63) is 35.9 Å². The van der Waals surface area contributed by atoms with Crippen LogP contribution in [0.15, 0.2) is 35.3 Å². The van der Waals surface area contributed by atoms with Crippen molar-refractivity contribution in [2.75, 3.05) is 13.1 Å². The van der Waals surface area contributed by atoms with Gasteiger partial charge in [0, 0.05) is 18.7 Å². The topological polar surface area (TPSA) is 44.7 Å². The molecule has 1 N–H and O–H groups in total. The number of amides is 1. The molecule has 0 heterocycles. The van der Waals surface area contributed by atoms with Crippen LogP contribution in [-0.4, -0.2) is 34.8 Å². The molecule has 0 fully saturated rings. The Morgan fingerprint density at radius 1 is 1.26 bits per heavy atom. The number of nitrogens with one attached hydrogen (secondary N) is 1. The summed E-state index contributed by atoms with van der Waals surface area (Å²) in [5.74, 6) is 0.574. The molecule has 5 heteroatoms. The fraction of sp³-hybridized carbons (Fsp3) is 0.357. The van der Waals surface area contributed by atoms with Crippen LogP contribution in [0.25, 0.3) is 0 Å². The third kappa shape index (κ3) is 4.79. The summed E-state index contributed by atoms with van der Waals surface area (Å²) in [7, 11) is 0. The minimum Gasteiger partial charge on any atom is -0.361 e. The first-order chi connectivity index (χ1) is 9.08. The average molecular weight is 277 g/mol. The maximum absolute atomic E-state index is 11.9. The van der Waals surface area contributed by atoms with Crippen molar-refractivity contribution in [3.63, 3.8) is 0 Å². The Hall–Kier alpha value is -1.75. The summed E-state index contributed by atoms with van der Waals surface area (Å²) in [6.07, 6.45) is 0. The molecule has 102 valence electrons. The number of hydrogen-bond donors (Lipinski definition) is 1. The van der Waals surface area contributed by atoms with Crippen molar-refractivity contribution in [2.24, 2.45) is 4.99 Å². The Balaban J connectivity index is 2.65. The lowest BCUT2D eigenvalue weighted by Gasteiger charge is -2.20. The van der Waals surface area contributed by atoms with Crippen LogP contribution in [-0.2, 0) is 0 Å². The predicted octanol–water partition coefficient (Wildman–Crippen LogP) is 2.46. The first-order valence-electron chi connectivity index (χ1n) is 6.29. The normalized spacial score (nSPS) is 11.0. The molecule has 0 radical (unpaired) electrons. The molecule has 1 rings (SSSR count). The predicted molar refractivity (Wildman–Crippen MR) is 82.5 cm³/mol. The Labute approximate surface area is 119 Å². The molecule has 0 unspecified atom stereocenters. The van der Waals surface area contributed by atoms with Crippen LogP contribution in [0.4, 0.5) is 0 Å². The molecule has 19 heavy (non-hydrogen) atoms. The summed E-state index contributed by atoms with van der Waals surface area (Å²) < 4.78 is 0. The van der Waals surface area contributed by atoms with Gasteiger partial charge in [0.2, 0.25) is 5.11 Å². The highest BCUT2D eigenvalue weighted by atomic mass is 32.1. The van der Waals surface area contributed by atoms with E-state index in [4.69, 9.17) is 12.2 Å². The van der Waals surface area contributed by atoms with E-state index in [9.17, 15) is 4.79 Å². The fourth-order valence-electron chi connectivity index (χ4n) is 1.69. The molecule has 1 aromatic rings. The minimum absolute atomic E-state index is 0.193. The van der Waals surface area contributed by atoms with Gasteiger partial charge in [-0.1, -0.05) is 18.2 Å². The van der Waals surface area contributed by atoms with Crippen LogP contribution in [0, 0.1) is 0 Å². The molecule has 0 aromatic heterocycles. The van der Waals surface area contributed by atoms with Crippen molar-refractivity contribution in [3.8, 4) is 0 Å². The van der Waals surface area contributed by atoms with E-state index in [1.165, 1.54) is 0 Å². The fourth-order valence-corrected chi connectivity index (χ4v) is 1.91. The van der Waals surface area contributed by atoms with Crippen LogP contribution in [0.3, 0.4) is 0 Å². The summed E-state index contributed by atoms with van der Waals surface area (Å²) in [4.78, 5) is 18.2. The molecule has 0 atom stereocenters. The minimum atomic E-state index is -0.235. The van der Waals surface area contributed by atoms with E-state index >= 15 is 0 Å². The Morgan fingerprint density at radius 3 is 2.37 bits per heavy atom. The Morgan fingerprint density at radius 2 is 1.84 bits per heavy atom. The molecule has 0 spiro atoms. The molecule has 0 aliphatic rings. The van der Waals surface area contributed by atoms with Crippen LogP contribution in [0.5, 0.6) is 0 Å². The number of rotatable bonds is 3. The highest BCUT2D eigenvalue weighted by Crippen LogP contribution is 1.98. The van der Waals surface area contributed by atoms with E-state index in [1.807, 2.05) is 39.0 Å². The third-order valence-electron chi connectivity index (χ3n) is 2.74. The summed E-state index contributed by atoms with van der Waals surface area (Å²) in [5.41, 5.74) is 0.570. The number of nitrogens with zero attached hydrogens (tertiary/aromatic N) is 2. The number of thiocarbonyl (C=S) groups is 1. The van der Waals surface area contributed by atoms with E-state index in [0.29, 0.717) is 5.56 Å². The molecule has 1 amide bonds. The zero-order chi connectivity index (χ0) is 14.3. The van der Waals surface area contributed by atoms with Crippen molar-refractivity contribution in [1.29, 1.82) is 0 Å². The summed E-state index contributed by atoms with van der Waals surface area (Å²) in [5, 5.41) is 2.80. The molecule has 4 nitrogen and oxygen atoms in total. The van der Waals surface area contributed by atoms with Crippen molar-refractivity contribution in [1.82, 2.24) is 10.2 Å². The van der Waals surface area contributed by atoms with Crippen LogP contribution >= 0.6 is 12.2 Å². The molecule has 1 aromatic carbocycles. The monoisotopic (exact) mass is 277 g/mol. The van der Waals surface area contributed by atoms with Gasteiger partial charge < -0.3 is 4.90 Å². The number of amidine groups is 1. The van der Waals surface area contributed by atoms with Crippen LogP contribution < -0.4 is 5.32 Å². The van der Waals surface area contributed by atoms with Gasteiger partial charge in [-0.3, -0.25) is 10.1 Å². The largest absolute Gasteiger partial charge is 0.361 e. The van der Waals surface area contributed by atoms with E-state index in [0.717, 1.165) is 18.9 Å². The van der Waals surface area contributed by atoms with Crippen LogP contribution in [0.1, 0.15) is 31.1 Å². The molecular weight excluding hydrogens is 258 g/mol. The molecule has 0 bridgehead atoms. The van der Waals surface area contributed by atoms with Gasteiger partial charge in [-0.25, -0.2) is 4.99 Å². The first-order valence-corrected chi connectivity index (χ1v) is 6.69. The zero-order valence-electron chi connectivity index (χ0n) is 11.5. The van der Waals surface area contributed by atoms with Gasteiger partial charge in [0.25, 0.3) is 5.91 Å². The quantitative estimate of drug-likeness (QED) is 0.524. The van der Waals surface area contributed by atoms with Crippen molar-refractivity contribution >= 4 is 29.1 Å². The smallest absolute Gasteiger partial charge is 0.257 e. The van der Waals surface area contributed by atoms with E-state index in [1.54, 1.807) is 12.1 Å². The van der Waals surface area contributed by atoms with Gasteiger partial charge in [-0.15, -0.1) is 0 Å². The second-order valence-electron chi connectivity index (χ2n) is 3.96. The van der Waals surface area contributed by atoms with Gasteiger partial charge >= 0.3 is 0 Å².